The third-order valence-electron chi connectivity index (χ3n) is 3.74. The maximum atomic E-state index is 12.5. The summed E-state index contributed by atoms with van der Waals surface area (Å²) in [5.41, 5.74) is 1.58. The minimum absolute atomic E-state index is 0.00654. The Morgan fingerprint density at radius 1 is 1.00 bits per heavy atom. The lowest BCUT2D eigenvalue weighted by Crippen LogP contribution is -2.15. The number of carbonyl (C=O) groups is 1. The van der Waals surface area contributed by atoms with Crippen LogP contribution in [0.5, 0.6) is 0 Å². The van der Waals surface area contributed by atoms with E-state index in [0.717, 1.165) is 0 Å². The topological polar surface area (TPSA) is 101 Å². The molecule has 0 saturated heterocycles. The molecule has 3 rings (SSSR count). The highest BCUT2D eigenvalue weighted by atomic mass is 35.5. The lowest BCUT2D eigenvalue weighted by molar-refractivity contribution is 0.102. The van der Waals surface area contributed by atoms with Crippen molar-refractivity contribution >= 4 is 38.9 Å². The van der Waals surface area contributed by atoms with Gasteiger partial charge in [0.25, 0.3) is 15.9 Å². The van der Waals surface area contributed by atoms with Crippen LogP contribution in [0.3, 0.4) is 0 Å². The molecule has 0 spiro atoms. The molecule has 0 radical (unpaired) electrons. The molecule has 0 unspecified atom stereocenters. The van der Waals surface area contributed by atoms with E-state index in [4.69, 9.17) is 16.1 Å². The summed E-state index contributed by atoms with van der Waals surface area (Å²) in [5, 5.41) is 6.96. The van der Waals surface area contributed by atoms with Gasteiger partial charge in [-0.3, -0.25) is 9.52 Å². The number of hydrogen-bond acceptors (Lipinski definition) is 5. The van der Waals surface area contributed by atoms with Gasteiger partial charge in [-0.1, -0.05) is 16.8 Å². The number of aryl methyl sites for hydroxylation is 2. The van der Waals surface area contributed by atoms with E-state index < -0.39 is 10.0 Å². The third kappa shape index (κ3) is 4.29. The summed E-state index contributed by atoms with van der Waals surface area (Å²) in [6.07, 6.45) is 0. The lowest BCUT2D eigenvalue weighted by Gasteiger charge is -2.09. The van der Waals surface area contributed by atoms with Crippen molar-refractivity contribution in [3.63, 3.8) is 0 Å². The highest BCUT2D eigenvalue weighted by molar-refractivity contribution is 7.92. The number of carbonyl (C=O) groups excluding carboxylic acids is 1. The summed E-state index contributed by atoms with van der Waals surface area (Å²) in [7, 11) is -3.84. The van der Waals surface area contributed by atoms with Gasteiger partial charge in [-0.2, -0.15) is 0 Å². The molecule has 0 fully saturated rings. The second kappa shape index (κ2) is 7.42. The number of benzene rings is 2. The maximum Gasteiger partial charge on any atom is 0.267 e. The summed E-state index contributed by atoms with van der Waals surface area (Å²) in [4.78, 5) is 12.3. The van der Waals surface area contributed by atoms with E-state index in [2.05, 4.69) is 15.2 Å². The second-order valence-corrected chi connectivity index (χ2v) is 7.85. The number of nitrogens with one attached hydrogen (secondary N) is 2. The summed E-state index contributed by atoms with van der Waals surface area (Å²) in [6, 6.07) is 12.8. The molecule has 0 atom stereocenters. The molecule has 2 aromatic carbocycles. The minimum atomic E-state index is -3.84. The molecular weight excluding hydrogens is 390 g/mol. The average Bonchev–Trinajstić information content (AvgIpc) is 2.96. The Balaban J connectivity index is 1.73. The first-order valence-corrected chi connectivity index (χ1v) is 9.75. The maximum absolute atomic E-state index is 12.5. The average molecular weight is 406 g/mol. The van der Waals surface area contributed by atoms with Crippen molar-refractivity contribution in [1.29, 1.82) is 0 Å². The zero-order valence-corrected chi connectivity index (χ0v) is 16.1. The summed E-state index contributed by atoms with van der Waals surface area (Å²) >= 11 is 5.81. The Labute approximate surface area is 161 Å². The van der Waals surface area contributed by atoms with Gasteiger partial charge in [0.1, 0.15) is 5.69 Å². The van der Waals surface area contributed by atoms with Crippen LogP contribution in [0.25, 0.3) is 0 Å². The highest BCUT2D eigenvalue weighted by Crippen LogP contribution is 2.23. The van der Waals surface area contributed by atoms with Gasteiger partial charge >= 0.3 is 0 Å². The van der Waals surface area contributed by atoms with Gasteiger partial charge in [0.2, 0.25) is 0 Å². The molecule has 0 bridgehead atoms. The van der Waals surface area contributed by atoms with Crippen LogP contribution >= 0.6 is 11.6 Å². The van der Waals surface area contributed by atoms with Crippen LogP contribution in [0.4, 0.5) is 11.4 Å². The summed E-state index contributed by atoms with van der Waals surface area (Å²) < 4.78 is 32.3. The molecule has 0 aliphatic carbocycles. The number of sulfonamides is 1. The predicted octanol–water partition coefficient (Wildman–Crippen LogP) is 4.00. The standard InChI is InChI=1S/C18H16ClN3O4S/c1-11-17(12(2)26-21-11)27(24,25)22-16-7-3-13(4-8-16)18(23)20-15-9-5-14(19)6-10-15/h3-10,22H,1-2H3,(H,20,23). The number of aromatic nitrogens is 1. The van der Waals surface area contributed by atoms with E-state index in [1.54, 1.807) is 31.2 Å². The normalized spacial score (nSPS) is 11.2. The predicted molar refractivity (Wildman–Crippen MR) is 103 cm³/mol. The Morgan fingerprint density at radius 3 is 2.15 bits per heavy atom. The third-order valence-corrected chi connectivity index (χ3v) is 5.61. The van der Waals surface area contributed by atoms with Gasteiger partial charge in [-0.15, -0.1) is 0 Å². The van der Waals surface area contributed by atoms with Crippen LogP contribution in [0, 0.1) is 13.8 Å². The Morgan fingerprint density at radius 2 is 1.59 bits per heavy atom. The number of amides is 1. The lowest BCUT2D eigenvalue weighted by atomic mass is 10.2. The fourth-order valence-corrected chi connectivity index (χ4v) is 4.01. The Bertz CT molecular complexity index is 1060. The van der Waals surface area contributed by atoms with E-state index in [0.29, 0.717) is 22.0 Å². The first-order chi connectivity index (χ1) is 12.8. The summed E-state index contributed by atoms with van der Waals surface area (Å²) in [5.74, 6) is -0.114. The molecule has 0 saturated carbocycles. The molecule has 2 N–H and O–H groups in total. The second-order valence-electron chi connectivity index (χ2n) is 5.80. The van der Waals surface area contributed by atoms with Gasteiger partial charge < -0.3 is 9.84 Å². The van der Waals surface area contributed by atoms with Crippen LogP contribution in [0.15, 0.2) is 57.9 Å². The van der Waals surface area contributed by atoms with Crippen molar-refractivity contribution in [2.45, 2.75) is 18.7 Å². The van der Waals surface area contributed by atoms with Crippen LogP contribution in [0.1, 0.15) is 21.8 Å². The monoisotopic (exact) mass is 405 g/mol. The molecule has 0 aliphatic heterocycles. The van der Waals surface area contributed by atoms with E-state index in [1.807, 2.05) is 0 Å². The molecule has 7 nitrogen and oxygen atoms in total. The van der Waals surface area contributed by atoms with E-state index in [-0.39, 0.29) is 22.3 Å². The van der Waals surface area contributed by atoms with Crippen LogP contribution < -0.4 is 10.0 Å². The van der Waals surface area contributed by atoms with E-state index in [1.165, 1.54) is 31.2 Å². The van der Waals surface area contributed by atoms with Gasteiger partial charge in [-0.05, 0) is 62.4 Å². The number of hydrogen-bond donors (Lipinski definition) is 2. The van der Waals surface area contributed by atoms with E-state index >= 15 is 0 Å². The largest absolute Gasteiger partial charge is 0.360 e. The van der Waals surface area contributed by atoms with Gasteiger partial charge in [0.05, 0.1) is 0 Å². The van der Waals surface area contributed by atoms with Crippen molar-refractivity contribution < 1.29 is 17.7 Å². The Hall–Kier alpha value is -2.84. The van der Waals surface area contributed by atoms with Crippen molar-refractivity contribution in [3.8, 4) is 0 Å². The van der Waals surface area contributed by atoms with Crippen LogP contribution in [0.2, 0.25) is 5.02 Å². The van der Waals surface area contributed by atoms with Crippen LogP contribution in [-0.2, 0) is 10.0 Å². The van der Waals surface area contributed by atoms with Crippen LogP contribution in [-0.4, -0.2) is 19.5 Å². The number of nitrogens with zero attached hydrogens (tertiary/aromatic N) is 1. The zero-order valence-electron chi connectivity index (χ0n) is 14.5. The molecule has 1 aromatic heterocycles. The minimum Gasteiger partial charge on any atom is -0.360 e. The van der Waals surface area contributed by atoms with Crippen molar-refractivity contribution in [1.82, 2.24) is 5.16 Å². The molecule has 1 heterocycles. The quantitative estimate of drug-likeness (QED) is 0.668. The molecule has 9 heteroatoms. The SMILES string of the molecule is Cc1noc(C)c1S(=O)(=O)Nc1ccc(C(=O)Nc2ccc(Cl)cc2)cc1. The fourth-order valence-electron chi connectivity index (χ4n) is 2.49. The fraction of sp³-hybridized carbons (Fsp3) is 0.111. The molecular formula is C18H16ClN3O4S. The number of halogens is 1. The van der Waals surface area contributed by atoms with Crippen molar-refractivity contribution in [2.24, 2.45) is 0 Å². The molecule has 3 aromatic rings. The first kappa shape index (κ1) is 18.9. The van der Waals surface area contributed by atoms with E-state index in [9.17, 15) is 13.2 Å². The molecule has 27 heavy (non-hydrogen) atoms. The molecule has 0 aliphatic rings. The number of rotatable bonds is 5. The first-order valence-electron chi connectivity index (χ1n) is 7.89. The molecule has 1 amide bonds. The summed E-state index contributed by atoms with van der Waals surface area (Å²) in [6.45, 7) is 3.08. The molecule has 140 valence electrons. The van der Waals surface area contributed by atoms with Crippen molar-refractivity contribution in [3.05, 3.63) is 70.6 Å². The van der Waals surface area contributed by atoms with Gasteiger partial charge in [0.15, 0.2) is 10.7 Å². The Kier molecular flexibility index (Phi) is 5.20. The van der Waals surface area contributed by atoms with Gasteiger partial charge in [-0.25, -0.2) is 8.42 Å². The zero-order chi connectivity index (χ0) is 19.6. The highest BCUT2D eigenvalue weighted by Gasteiger charge is 2.24. The van der Waals surface area contributed by atoms with Crippen molar-refractivity contribution in [2.75, 3.05) is 10.0 Å². The smallest absolute Gasteiger partial charge is 0.267 e. The van der Waals surface area contributed by atoms with Gasteiger partial charge in [0, 0.05) is 22.0 Å². The number of anilines is 2.